The molecular weight excluding hydrogens is 378 g/mol. The van der Waals surface area contributed by atoms with Crippen molar-refractivity contribution in [2.24, 2.45) is 11.7 Å². The van der Waals surface area contributed by atoms with Crippen LogP contribution in [0.3, 0.4) is 0 Å². The minimum atomic E-state index is -4.24. The average molecular weight is 410 g/mol. The predicted molar refractivity (Wildman–Crippen MR) is 99.5 cm³/mol. The lowest BCUT2D eigenvalue weighted by Crippen LogP contribution is -2.45. The van der Waals surface area contributed by atoms with E-state index in [2.05, 4.69) is 4.90 Å². The van der Waals surface area contributed by atoms with Gasteiger partial charge >= 0.3 is 6.18 Å². The summed E-state index contributed by atoms with van der Waals surface area (Å²) in [4.78, 5) is 16.1. The highest BCUT2D eigenvalue weighted by atomic mass is 35.5. The van der Waals surface area contributed by atoms with Crippen molar-refractivity contribution in [1.29, 1.82) is 0 Å². The number of rotatable bonds is 8. The summed E-state index contributed by atoms with van der Waals surface area (Å²) in [5.41, 5.74) is 5.91. The van der Waals surface area contributed by atoms with Gasteiger partial charge in [0.25, 0.3) is 0 Å². The SMILES string of the molecule is CCN(CC)CCN(CCC(F)(F)F)C(=O)C1CCCC(N)C1.Cl.Cl. The zero-order chi connectivity index (χ0) is 17.5. The van der Waals surface area contributed by atoms with Gasteiger partial charge in [-0.2, -0.15) is 13.2 Å². The summed E-state index contributed by atoms with van der Waals surface area (Å²) < 4.78 is 37.6. The zero-order valence-corrected chi connectivity index (χ0v) is 16.7. The van der Waals surface area contributed by atoms with Crippen molar-refractivity contribution in [3.05, 3.63) is 0 Å². The molecule has 0 aromatic heterocycles. The van der Waals surface area contributed by atoms with Crippen LogP contribution in [0, 0.1) is 5.92 Å². The van der Waals surface area contributed by atoms with E-state index in [0.717, 1.165) is 32.4 Å². The molecule has 0 aromatic carbocycles. The van der Waals surface area contributed by atoms with Crippen LogP contribution < -0.4 is 5.73 Å². The molecule has 25 heavy (non-hydrogen) atoms. The monoisotopic (exact) mass is 409 g/mol. The Bertz CT molecular complexity index is 369. The third-order valence-electron chi connectivity index (χ3n) is 4.62. The number of carbonyl (C=O) groups excluding carboxylic acids is 1. The molecule has 1 saturated carbocycles. The molecule has 0 heterocycles. The molecule has 0 aliphatic heterocycles. The van der Waals surface area contributed by atoms with Gasteiger partial charge in [-0.15, -0.1) is 24.8 Å². The van der Waals surface area contributed by atoms with Gasteiger partial charge in [-0.25, -0.2) is 0 Å². The van der Waals surface area contributed by atoms with Crippen LogP contribution in [-0.2, 0) is 4.79 Å². The van der Waals surface area contributed by atoms with Gasteiger partial charge in [0.15, 0.2) is 0 Å². The van der Waals surface area contributed by atoms with Gasteiger partial charge in [0.2, 0.25) is 5.91 Å². The molecule has 0 radical (unpaired) electrons. The first-order valence-corrected chi connectivity index (χ1v) is 8.60. The normalized spacial score (nSPS) is 20.6. The van der Waals surface area contributed by atoms with Crippen LogP contribution in [0.1, 0.15) is 46.0 Å². The van der Waals surface area contributed by atoms with Crippen LogP contribution in [0.2, 0.25) is 0 Å². The van der Waals surface area contributed by atoms with Crippen molar-refractivity contribution in [2.45, 2.75) is 58.2 Å². The molecule has 2 atom stereocenters. The molecule has 4 nitrogen and oxygen atoms in total. The number of nitrogens with two attached hydrogens (primary N) is 1. The maximum Gasteiger partial charge on any atom is 0.390 e. The molecule has 9 heteroatoms. The molecular formula is C16H32Cl2F3N3O. The quantitative estimate of drug-likeness (QED) is 0.667. The van der Waals surface area contributed by atoms with Crippen molar-refractivity contribution < 1.29 is 18.0 Å². The molecule has 2 unspecified atom stereocenters. The van der Waals surface area contributed by atoms with Crippen molar-refractivity contribution >= 4 is 30.7 Å². The van der Waals surface area contributed by atoms with Crippen molar-refractivity contribution in [3.8, 4) is 0 Å². The van der Waals surface area contributed by atoms with Crippen LogP contribution in [0.4, 0.5) is 13.2 Å². The Hall–Kier alpha value is -0.240. The Morgan fingerprint density at radius 2 is 1.68 bits per heavy atom. The molecule has 2 N–H and O–H groups in total. The Labute approximate surface area is 161 Å². The molecule has 0 spiro atoms. The Morgan fingerprint density at radius 1 is 1.08 bits per heavy atom. The van der Waals surface area contributed by atoms with E-state index in [9.17, 15) is 18.0 Å². The second-order valence-electron chi connectivity index (χ2n) is 6.34. The Balaban J connectivity index is 0. The molecule has 1 rings (SSSR count). The third-order valence-corrected chi connectivity index (χ3v) is 4.62. The van der Waals surface area contributed by atoms with E-state index in [0.29, 0.717) is 19.5 Å². The van der Waals surface area contributed by atoms with E-state index in [1.165, 1.54) is 4.90 Å². The maximum absolute atomic E-state index is 12.6. The van der Waals surface area contributed by atoms with E-state index < -0.39 is 12.6 Å². The minimum Gasteiger partial charge on any atom is -0.341 e. The van der Waals surface area contributed by atoms with E-state index in [1.807, 2.05) is 13.8 Å². The summed E-state index contributed by atoms with van der Waals surface area (Å²) in [7, 11) is 0. The molecule has 0 aromatic rings. The number of amides is 1. The number of hydrogen-bond donors (Lipinski definition) is 1. The molecule has 0 saturated heterocycles. The number of hydrogen-bond acceptors (Lipinski definition) is 3. The van der Waals surface area contributed by atoms with Gasteiger partial charge in [0.1, 0.15) is 0 Å². The van der Waals surface area contributed by atoms with Gasteiger partial charge in [0, 0.05) is 31.6 Å². The van der Waals surface area contributed by atoms with E-state index >= 15 is 0 Å². The molecule has 1 fully saturated rings. The van der Waals surface area contributed by atoms with Gasteiger partial charge in [-0.05, 0) is 32.4 Å². The van der Waals surface area contributed by atoms with Crippen LogP contribution in [-0.4, -0.2) is 60.6 Å². The largest absolute Gasteiger partial charge is 0.390 e. The topological polar surface area (TPSA) is 49.6 Å². The predicted octanol–water partition coefficient (Wildman–Crippen LogP) is 3.47. The van der Waals surface area contributed by atoms with Crippen LogP contribution in [0.5, 0.6) is 0 Å². The van der Waals surface area contributed by atoms with Crippen LogP contribution in [0.25, 0.3) is 0 Å². The minimum absolute atomic E-state index is 0. The lowest BCUT2D eigenvalue weighted by Gasteiger charge is -2.33. The molecule has 0 bridgehead atoms. The summed E-state index contributed by atoms with van der Waals surface area (Å²) in [5.74, 6) is -0.375. The Morgan fingerprint density at radius 3 is 2.16 bits per heavy atom. The number of carbonyl (C=O) groups is 1. The molecule has 152 valence electrons. The second kappa shape index (κ2) is 13.0. The van der Waals surface area contributed by atoms with Crippen molar-refractivity contribution in [1.82, 2.24) is 9.80 Å². The van der Waals surface area contributed by atoms with Crippen molar-refractivity contribution in [2.75, 3.05) is 32.7 Å². The first-order chi connectivity index (χ1) is 10.8. The lowest BCUT2D eigenvalue weighted by molar-refractivity contribution is -0.148. The first-order valence-electron chi connectivity index (χ1n) is 8.60. The fraction of sp³-hybridized carbons (Fsp3) is 0.938. The van der Waals surface area contributed by atoms with Gasteiger partial charge in [0.05, 0.1) is 6.42 Å². The zero-order valence-electron chi connectivity index (χ0n) is 15.1. The highest BCUT2D eigenvalue weighted by Crippen LogP contribution is 2.26. The van der Waals surface area contributed by atoms with Crippen LogP contribution >= 0.6 is 24.8 Å². The second-order valence-corrected chi connectivity index (χ2v) is 6.34. The summed E-state index contributed by atoms with van der Waals surface area (Å²) >= 11 is 0. The van der Waals surface area contributed by atoms with E-state index in [4.69, 9.17) is 5.73 Å². The molecule has 1 aliphatic carbocycles. The maximum atomic E-state index is 12.6. The third kappa shape index (κ3) is 10.5. The lowest BCUT2D eigenvalue weighted by atomic mass is 9.85. The standard InChI is InChI=1S/C16H30F3N3O.2ClH/c1-3-21(4-2)10-11-22(9-8-16(17,18)19)15(23)13-6-5-7-14(20)12-13;;/h13-14H,3-12,20H2,1-2H3;2*1H. The van der Waals surface area contributed by atoms with Gasteiger partial charge < -0.3 is 15.5 Å². The molecule has 1 amide bonds. The van der Waals surface area contributed by atoms with Crippen molar-refractivity contribution in [3.63, 3.8) is 0 Å². The average Bonchev–Trinajstić information content (AvgIpc) is 2.49. The summed E-state index contributed by atoms with van der Waals surface area (Å²) in [6, 6.07) is -0.00931. The van der Waals surface area contributed by atoms with E-state index in [1.54, 1.807) is 0 Å². The number of likely N-dealkylation sites (N-methyl/N-ethyl adjacent to an activating group) is 1. The smallest absolute Gasteiger partial charge is 0.341 e. The summed E-state index contributed by atoms with van der Waals surface area (Å²) in [6.45, 7) is 6.36. The van der Waals surface area contributed by atoms with E-state index in [-0.39, 0.29) is 49.2 Å². The summed E-state index contributed by atoms with van der Waals surface area (Å²) in [5, 5.41) is 0. The number of halogens is 5. The highest BCUT2D eigenvalue weighted by molar-refractivity contribution is 5.85. The fourth-order valence-corrected chi connectivity index (χ4v) is 3.11. The number of alkyl halides is 3. The summed E-state index contributed by atoms with van der Waals surface area (Å²) in [6.07, 6.45) is -2.09. The van der Waals surface area contributed by atoms with Crippen LogP contribution in [0.15, 0.2) is 0 Å². The first kappa shape index (κ1) is 27.0. The Kier molecular flexibility index (Phi) is 14.0. The highest BCUT2D eigenvalue weighted by Gasteiger charge is 2.32. The molecule has 1 aliphatic rings. The van der Waals surface area contributed by atoms with Gasteiger partial charge in [-0.3, -0.25) is 4.79 Å². The van der Waals surface area contributed by atoms with Gasteiger partial charge in [-0.1, -0.05) is 20.3 Å². The number of nitrogens with zero attached hydrogens (tertiary/aromatic N) is 2. The fourth-order valence-electron chi connectivity index (χ4n) is 3.11.